The number of benzene rings is 2. The highest BCUT2D eigenvalue weighted by Gasteiger charge is 2.21. The van der Waals surface area contributed by atoms with E-state index in [1.54, 1.807) is 0 Å². The second-order valence-electron chi connectivity index (χ2n) is 7.55. The molecule has 0 aromatic heterocycles. The lowest BCUT2D eigenvalue weighted by atomic mass is 9.95. The minimum atomic E-state index is -0.107. The van der Waals surface area contributed by atoms with Crippen molar-refractivity contribution >= 4 is 5.91 Å². The van der Waals surface area contributed by atoms with Crippen LogP contribution in [0.4, 0.5) is 0 Å². The number of nitrogens with one attached hydrogen (secondary N) is 1. The Labute approximate surface area is 178 Å². The molecule has 6 nitrogen and oxygen atoms in total. The molecule has 0 saturated heterocycles. The maximum atomic E-state index is 12.7. The molecule has 1 N–H and O–H groups in total. The van der Waals surface area contributed by atoms with Gasteiger partial charge >= 0.3 is 0 Å². The molecular weight excluding hydrogens is 382 g/mol. The molecule has 0 bridgehead atoms. The summed E-state index contributed by atoms with van der Waals surface area (Å²) in [5.74, 6) is 3.16. The zero-order valence-electron chi connectivity index (χ0n) is 18.2. The van der Waals surface area contributed by atoms with Gasteiger partial charge in [0, 0.05) is 6.42 Å². The van der Waals surface area contributed by atoms with Crippen molar-refractivity contribution in [2.45, 2.75) is 46.6 Å². The Balaban J connectivity index is 1.66. The van der Waals surface area contributed by atoms with Crippen LogP contribution in [0, 0.1) is 5.92 Å². The van der Waals surface area contributed by atoms with Crippen molar-refractivity contribution in [3.8, 4) is 23.0 Å². The Hall–Kier alpha value is -2.89. The number of hydrogen-bond acceptors (Lipinski definition) is 5. The molecule has 1 amide bonds. The predicted molar refractivity (Wildman–Crippen MR) is 115 cm³/mol. The number of aryl methyl sites for hydroxylation is 1. The third-order valence-corrected chi connectivity index (χ3v) is 4.99. The lowest BCUT2D eigenvalue weighted by Crippen LogP contribution is -2.32. The van der Waals surface area contributed by atoms with Gasteiger partial charge in [0.1, 0.15) is 0 Å². The zero-order valence-corrected chi connectivity index (χ0v) is 18.2. The molecule has 0 fully saturated rings. The van der Waals surface area contributed by atoms with Crippen LogP contribution in [0.1, 0.15) is 51.3 Å². The number of fused-ring (bicyclic) bond motifs is 1. The fourth-order valence-electron chi connectivity index (χ4n) is 3.50. The van der Waals surface area contributed by atoms with Gasteiger partial charge in [-0.1, -0.05) is 26.0 Å². The highest BCUT2D eigenvalue weighted by atomic mass is 16.7. The Morgan fingerprint density at radius 2 is 1.73 bits per heavy atom. The second kappa shape index (κ2) is 10.2. The first-order chi connectivity index (χ1) is 14.5. The standard InChI is InChI=1S/C24H31NO5/c1-5-27-19-11-9-18(14-22(19)28-6-2)24(16(3)4)25-23(26)12-8-17-7-10-20-21(13-17)30-15-29-20/h7,9-11,13-14,16,24H,5-6,8,12,15H2,1-4H3,(H,25,26). The third kappa shape index (κ3) is 5.38. The minimum Gasteiger partial charge on any atom is -0.490 e. The van der Waals surface area contributed by atoms with Gasteiger partial charge < -0.3 is 24.3 Å². The number of rotatable bonds is 10. The van der Waals surface area contributed by atoms with Crippen LogP contribution < -0.4 is 24.3 Å². The smallest absolute Gasteiger partial charge is 0.231 e. The molecule has 1 unspecified atom stereocenters. The van der Waals surface area contributed by atoms with Crippen LogP contribution in [0.25, 0.3) is 0 Å². The summed E-state index contributed by atoms with van der Waals surface area (Å²) in [5.41, 5.74) is 2.06. The second-order valence-corrected chi connectivity index (χ2v) is 7.55. The van der Waals surface area contributed by atoms with E-state index in [1.807, 2.05) is 50.2 Å². The summed E-state index contributed by atoms with van der Waals surface area (Å²) in [4.78, 5) is 12.7. The summed E-state index contributed by atoms with van der Waals surface area (Å²) in [6.45, 7) is 9.46. The van der Waals surface area contributed by atoms with Crippen molar-refractivity contribution in [1.29, 1.82) is 0 Å². The van der Waals surface area contributed by atoms with Crippen molar-refractivity contribution in [1.82, 2.24) is 5.32 Å². The van der Waals surface area contributed by atoms with E-state index in [0.717, 1.165) is 28.4 Å². The quantitative estimate of drug-likeness (QED) is 0.614. The van der Waals surface area contributed by atoms with Gasteiger partial charge in [0.2, 0.25) is 12.7 Å². The monoisotopic (exact) mass is 413 g/mol. The Morgan fingerprint density at radius 3 is 2.47 bits per heavy atom. The molecule has 1 heterocycles. The third-order valence-electron chi connectivity index (χ3n) is 4.99. The maximum absolute atomic E-state index is 12.7. The molecule has 162 valence electrons. The van der Waals surface area contributed by atoms with Crippen molar-refractivity contribution in [2.75, 3.05) is 20.0 Å². The number of carbonyl (C=O) groups excluding carboxylic acids is 1. The molecule has 0 spiro atoms. The molecular formula is C24H31NO5. The minimum absolute atomic E-state index is 0.0122. The average Bonchev–Trinajstić information content (AvgIpc) is 3.20. The Morgan fingerprint density at radius 1 is 1.00 bits per heavy atom. The molecule has 1 aliphatic heterocycles. The summed E-state index contributed by atoms with van der Waals surface area (Å²) in [6.07, 6.45) is 1.04. The molecule has 6 heteroatoms. The fourth-order valence-corrected chi connectivity index (χ4v) is 3.50. The summed E-state index contributed by atoms with van der Waals surface area (Å²) in [5, 5.41) is 3.18. The molecule has 2 aromatic carbocycles. The van der Waals surface area contributed by atoms with Gasteiger partial charge in [-0.25, -0.2) is 0 Å². The first kappa shape index (κ1) is 21.8. The summed E-state index contributed by atoms with van der Waals surface area (Å²) in [6, 6.07) is 11.6. The average molecular weight is 414 g/mol. The zero-order chi connectivity index (χ0) is 21.5. The van der Waals surface area contributed by atoms with Crippen LogP contribution in [0.5, 0.6) is 23.0 Å². The molecule has 3 rings (SSSR count). The molecule has 30 heavy (non-hydrogen) atoms. The van der Waals surface area contributed by atoms with E-state index in [9.17, 15) is 4.79 Å². The van der Waals surface area contributed by atoms with Crippen LogP contribution in [0.15, 0.2) is 36.4 Å². The summed E-state index contributed by atoms with van der Waals surface area (Å²) in [7, 11) is 0. The Bertz CT molecular complexity index is 865. The largest absolute Gasteiger partial charge is 0.490 e. The van der Waals surface area contributed by atoms with Gasteiger partial charge in [0.25, 0.3) is 0 Å². The van der Waals surface area contributed by atoms with Crippen molar-refractivity contribution in [3.63, 3.8) is 0 Å². The normalized spacial score (nSPS) is 13.2. The summed E-state index contributed by atoms with van der Waals surface area (Å²) >= 11 is 0. The number of ether oxygens (including phenoxy) is 4. The Kier molecular flexibility index (Phi) is 7.44. The predicted octanol–water partition coefficient (Wildman–Crippen LogP) is 4.66. The molecule has 0 saturated carbocycles. The lowest BCUT2D eigenvalue weighted by Gasteiger charge is -2.24. The van der Waals surface area contributed by atoms with E-state index in [1.165, 1.54) is 0 Å². The van der Waals surface area contributed by atoms with E-state index >= 15 is 0 Å². The van der Waals surface area contributed by atoms with Gasteiger partial charge in [0.05, 0.1) is 19.3 Å². The topological polar surface area (TPSA) is 66.0 Å². The van der Waals surface area contributed by atoms with Crippen LogP contribution >= 0.6 is 0 Å². The molecule has 0 aliphatic carbocycles. The van der Waals surface area contributed by atoms with E-state index in [2.05, 4.69) is 19.2 Å². The van der Waals surface area contributed by atoms with E-state index in [4.69, 9.17) is 18.9 Å². The maximum Gasteiger partial charge on any atom is 0.231 e. The van der Waals surface area contributed by atoms with Gasteiger partial charge in [0.15, 0.2) is 23.0 Å². The highest BCUT2D eigenvalue weighted by Crippen LogP contribution is 2.34. The van der Waals surface area contributed by atoms with Crippen LogP contribution in [-0.2, 0) is 11.2 Å². The van der Waals surface area contributed by atoms with Gasteiger partial charge in [-0.05, 0) is 61.6 Å². The SMILES string of the molecule is CCOc1ccc(C(NC(=O)CCc2ccc3c(c2)OCO3)C(C)C)cc1OCC. The highest BCUT2D eigenvalue weighted by molar-refractivity contribution is 5.76. The van der Waals surface area contributed by atoms with Gasteiger partial charge in [-0.3, -0.25) is 4.79 Å². The van der Waals surface area contributed by atoms with Gasteiger partial charge in [-0.2, -0.15) is 0 Å². The van der Waals surface area contributed by atoms with Crippen molar-refractivity contribution in [3.05, 3.63) is 47.5 Å². The van der Waals surface area contributed by atoms with Crippen LogP contribution in [0.2, 0.25) is 0 Å². The van der Waals surface area contributed by atoms with E-state index < -0.39 is 0 Å². The molecule has 2 aromatic rings. The lowest BCUT2D eigenvalue weighted by molar-refractivity contribution is -0.122. The summed E-state index contributed by atoms with van der Waals surface area (Å²) < 4.78 is 22.2. The fraction of sp³-hybridized carbons (Fsp3) is 0.458. The molecule has 0 radical (unpaired) electrons. The first-order valence-corrected chi connectivity index (χ1v) is 10.6. The molecule has 1 aliphatic rings. The first-order valence-electron chi connectivity index (χ1n) is 10.6. The van der Waals surface area contributed by atoms with E-state index in [-0.39, 0.29) is 24.7 Å². The van der Waals surface area contributed by atoms with E-state index in [0.29, 0.717) is 31.8 Å². The van der Waals surface area contributed by atoms with Crippen molar-refractivity contribution in [2.24, 2.45) is 5.92 Å². The number of carbonyl (C=O) groups is 1. The molecule has 1 atom stereocenters. The van der Waals surface area contributed by atoms with Crippen molar-refractivity contribution < 1.29 is 23.7 Å². The number of hydrogen-bond donors (Lipinski definition) is 1. The van der Waals surface area contributed by atoms with Crippen LogP contribution in [-0.4, -0.2) is 25.9 Å². The van der Waals surface area contributed by atoms with Gasteiger partial charge in [-0.15, -0.1) is 0 Å². The number of amides is 1. The van der Waals surface area contributed by atoms with Crippen LogP contribution in [0.3, 0.4) is 0 Å².